The zero-order valence-corrected chi connectivity index (χ0v) is 29.0. The Morgan fingerprint density at radius 3 is 2.50 bits per heavy atom. The molecule has 46 heavy (non-hydrogen) atoms. The van der Waals surface area contributed by atoms with Crippen LogP contribution in [0.5, 0.6) is 11.6 Å². The molecule has 1 saturated heterocycles. The Balaban J connectivity index is 1.41. The summed E-state index contributed by atoms with van der Waals surface area (Å²) >= 11 is 0. The molecule has 1 fully saturated rings. The zero-order chi connectivity index (χ0) is 32.7. The van der Waals surface area contributed by atoms with Crippen LogP contribution < -0.4 is 15.0 Å². The fourth-order valence-corrected chi connectivity index (χ4v) is 5.99. The standard InChI is InChI=1S/C35H47N7O3Si/c1-39(2)16-8-11-33(43)38-28-9-7-10-30(23-28)45-35-31-24-32(27-12-14-29(15-13-27)41-19-17-40(3)18-20-41)42(34(31)36-25-37-35)26-44-21-22-46(4,5)6/h7-15,23-25H,16-22,26H2,1-6H3,(H,38,43)/b11-8+. The largest absolute Gasteiger partial charge is 0.438 e. The molecular weight excluding hydrogens is 595 g/mol. The summed E-state index contributed by atoms with van der Waals surface area (Å²) in [6.07, 6.45) is 4.89. The summed E-state index contributed by atoms with van der Waals surface area (Å²) in [7, 11) is 4.85. The molecule has 1 aliphatic rings. The lowest BCUT2D eigenvalue weighted by atomic mass is 10.1. The van der Waals surface area contributed by atoms with E-state index in [1.54, 1.807) is 6.07 Å². The van der Waals surface area contributed by atoms with Gasteiger partial charge in [-0.2, -0.15) is 0 Å². The van der Waals surface area contributed by atoms with Gasteiger partial charge in [0.15, 0.2) is 0 Å². The number of amides is 1. The van der Waals surface area contributed by atoms with Gasteiger partial charge in [0.25, 0.3) is 0 Å². The molecule has 1 amide bonds. The lowest BCUT2D eigenvalue weighted by Crippen LogP contribution is -2.44. The van der Waals surface area contributed by atoms with Crippen molar-refractivity contribution in [2.24, 2.45) is 0 Å². The average molecular weight is 642 g/mol. The Kier molecular flexibility index (Phi) is 10.9. The van der Waals surface area contributed by atoms with Crippen LogP contribution in [0.1, 0.15) is 0 Å². The predicted octanol–water partition coefficient (Wildman–Crippen LogP) is 6.01. The minimum atomic E-state index is -1.24. The van der Waals surface area contributed by atoms with E-state index in [0.29, 0.717) is 37.2 Å². The van der Waals surface area contributed by atoms with Gasteiger partial charge in [-0.05, 0) is 63.1 Å². The maximum absolute atomic E-state index is 12.4. The number of nitrogens with zero attached hydrogens (tertiary/aromatic N) is 6. The Labute approximate surface area is 273 Å². The molecule has 0 unspecified atom stereocenters. The summed E-state index contributed by atoms with van der Waals surface area (Å²) in [6, 6.07) is 19.2. The minimum absolute atomic E-state index is 0.196. The second-order valence-corrected chi connectivity index (χ2v) is 19.0. The van der Waals surface area contributed by atoms with Crippen molar-refractivity contribution in [2.75, 3.05) is 70.7 Å². The molecule has 0 saturated carbocycles. The molecule has 4 aromatic rings. The molecule has 244 valence electrons. The number of aromatic nitrogens is 3. The van der Waals surface area contributed by atoms with Crippen molar-refractivity contribution in [3.05, 3.63) is 73.1 Å². The van der Waals surface area contributed by atoms with Gasteiger partial charge in [-0.3, -0.25) is 4.79 Å². The number of hydrogen-bond acceptors (Lipinski definition) is 8. The molecule has 11 heteroatoms. The summed E-state index contributed by atoms with van der Waals surface area (Å²) in [5.41, 5.74) is 4.67. The number of hydrogen-bond donors (Lipinski definition) is 1. The number of carbonyl (C=O) groups is 1. The van der Waals surface area contributed by atoms with Crippen LogP contribution in [0.2, 0.25) is 25.7 Å². The Morgan fingerprint density at radius 1 is 1.02 bits per heavy atom. The number of ether oxygens (including phenoxy) is 2. The SMILES string of the molecule is CN(C)C/C=C/C(=O)Nc1cccc(Oc2ncnc3c2cc(-c2ccc(N4CCN(C)CC4)cc2)n3COCC[Si](C)(C)C)c1. The van der Waals surface area contributed by atoms with Crippen LogP contribution in [0.4, 0.5) is 11.4 Å². The van der Waals surface area contributed by atoms with Crippen LogP contribution in [0.25, 0.3) is 22.3 Å². The van der Waals surface area contributed by atoms with Gasteiger partial charge in [0.2, 0.25) is 11.8 Å². The normalized spacial score (nSPS) is 14.5. The van der Waals surface area contributed by atoms with E-state index in [0.717, 1.165) is 54.5 Å². The number of nitrogens with one attached hydrogen (secondary N) is 1. The fraction of sp³-hybridized carbons (Fsp3) is 0.400. The maximum atomic E-state index is 12.4. The lowest BCUT2D eigenvalue weighted by molar-refractivity contribution is -0.111. The van der Waals surface area contributed by atoms with Crippen molar-refractivity contribution >= 4 is 36.4 Å². The van der Waals surface area contributed by atoms with Crippen molar-refractivity contribution in [3.8, 4) is 22.9 Å². The second kappa shape index (κ2) is 15.0. The number of fused-ring (bicyclic) bond motifs is 1. The van der Waals surface area contributed by atoms with Gasteiger partial charge in [-0.1, -0.05) is 43.9 Å². The quantitative estimate of drug-likeness (QED) is 0.108. The molecule has 0 radical (unpaired) electrons. The number of piperazine rings is 1. The fourth-order valence-electron chi connectivity index (χ4n) is 5.24. The van der Waals surface area contributed by atoms with Crippen LogP contribution in [-0.4, -0.2) is 98.8 Å². The van der Waals surface area contributed by atoms with E-state index in [2.05, 4.69) is 86.7 Å². The Bertz CT molecular complexity index is 1640. The lowest BCUT2D eigenvalue weighted by Gasteiger charge is -2.34. The minimum Gasteiger partial charge on any atom is -0.438 e. The highest BCUT2D eigenvalue weighted by atomic mass is 28.3. The van der Waals surface area contributed by atoms with E-state index < -0.39 is 8.07 Å². The highest BCUT2D eigenvalue weighted by Gasteiger charge is 2.19. The van der Waals surface area contributed by atoms with Gasteiger partial charge in [0.05, 0.1) is 11.1 Å². The van der Waals surface area contributed by atoms with E-state index in [-0.39, 0.29) is 5.91 Å². The van der Waals surface area contributed by atoms with Crippen molar-refractivity contribution < 1.29 is 14.3 Å². The number of likely N-dealkylation sites (N-methyl/N-ethyl adjacent to an activating group) is 2. The highest BCUT2D eigenvalue weighted by molar-refractivity contribution is 6.76. The summed E-state index contributed by atoms with van der Waals surface area (Å²) in [4.78, 5) is 28.4. The molecule has 3 heterocycles. The predicted molar refractivity (Wildman–Crippen MR) is 190 cm³/mol. The molecule has 10 nitrogen and oxygen atoms in total. The summed E-state index contributed by atoms with van der Waals surface area (Å²) in [6.45, 7) is 13.0. The number of benzene rings is 2. The molecule has 5 rings (SSSR count). The van der Waals surface area contributed by atoms with E-state index in [1.165, 1.54) is 18.1 Å². The molecule has 2 aromatic carbocycles. The maximum Gasteiger partial charge on any atom is 0.248 e. The smallest absolute Gasteiger partial charge is 0.248 e. The van der Waals surface area contributed by atoms with Crippen molar-refractivity contribution in [3.63, 3.8) is 0 Å². The van der Waals surface area contributed by atoms with Gasteiger partial charge < -0.3 is 34.1 Å². The Hall–Kier alpha value is -4.03. The molecule has 0 atom stereocenters. The van der Waals surface area contributed by atoms with Crippen molar-refractivity contribution in [1.82, 2.24) is 24.3 Å². The first-order valence-corrected chi connectivity index (χ1v) is 19.6. The third-order valence-corrected chi connectivity index (χ3v) is 9.66. The van der Waals surface area contributed by atoms with Crippen LogP contribution >= 0.6 is 0 Å². The highest BCUT2D eigenvalue weighted by Crippen LogP contribution is 2.35. The van der Waals surface area contributed by atoms with E-state index in [1.807, 2.05) is 43.3 Å². The third kappa shape index (κ3) is 9.03. The van der Waals surface area contributed by atoms with Crippen LogP contribution in [-0.2, 0) is 16.3 Å². The summed E-state index contributed by atoms with van der Waals surface area (Å²) in [5.74, 6) is 0.806. The van der Waals surface area contributed by atoms with Crippen molar-refractivity contribution in [1.29, 1.82) is 0 Å². The molecular formula is C35H47N7O3Si. The number of rotatable bonds is 13. The molecule has 0 aliphatic carbocycles. The van der Waals surface area contributed by atoms with Crippen molar-refractivity contribution in [2.45, 2.75) is 32.4 Å². The Morgan fingerprint density at radius 2 is 1.78 bits per heavy atom. The second-order valence-electron chi connectivity index (χ2n) is 13.3. The molecule has 1 N–H and O–H groups in total. The van der Waals surface area contributed by atoms with Gasteiger partial charge in [-0.25, -0.2) is 9.97 Å². The monoisotopic (exact) mass is 641 g/mol. The van der Waals surface area contributed by atoms with E-state index >= 15 is 0 Å². The first-order valence-electron chi connectivity index (χ1n) is 15.9. The van der Waals surface area contributed by atoms with Crippen LogP contribution in [0.3, 0.4) is 0 Å². The summed E-state index contributed by atoms with van der Waals surface area (Å²) in [5, 5.41) is 3.69. The molecule has 0 spiro atoms. The van der Waals surface area contributed by atoms with Gasteiger partial charge in [0, 0.05) is 70.9 Å². The first-order chi connectivity index (χ1) is 22.1. The van der Waals surface area contributed by atoms with Gasteiger partial charge >= 0.3 is 0 Å². The van der Waals surface area contributed by atoms with E-state index in [4.69, 9.17) is 9.47 Å². The third-order valence-electron chi connectivity index (χ3n) is 7.96. The molecule has 0 bridgehead atoms. The number of carbonyl (C=O) groups excluding carboxylic acids is 1. The molecule has 2 aromatic heterocycles. The molecule has 1 aliphatic heterocycles. The number of anilines is 2. The van der Waals surface area contributed by atoms with Crippen LogP contribution in [0, 0.1) is 0 Å². The van der Waals surface area contributed by atoms with E-state index in [9.17, 15) is 4.79 Å². The topological polar surface area (TPSA) is 88.0 Å². The van der Waals surface area contributed by atoms with Crippen LogP contribution in [0.15, 0.2) is 73.1 Å². The van der Waals surface area contributed by atoms with Gasteiger partial charge in [-0.15, -0.1) is 0 Å². The first kappa shape index (κ1) is 33.3. The summed E-state index contributed by atoms with van der Waals surface area (Å²) < 4.78 is 14.7. The van der Waals surface area contributed by atoms with Gasteiger partial charge in [0.1, 0.15) is 24.5 Å². The average Bonchev–Trinajstić information content (AvgIpc) is 3.39. The zero-order valence-electron chi connectivity index (χ0n) is 28.0.